The van der Waals surface area contributed by atoms with Gasteiger partial charge >= 0.3 is 0 Å². The number of likely N-dealkylation sites (tertiary alicyclic amines) is 1. The van der Waals surface area contributed by atoms with Crippen molar-refractivity contribution in [2.75, 3.05) is 13.1 Å². The Hall–Kier alpha value is -2.11. The van der Waals surface area contributed by atoms with E-state index < -0.39 is 5.43 Å². The van der Waals surface area contributed by atoms with Crippen LogP contribution in [0.15, 0.2) is 17.2 Å². The Morgan fingerprint density at radius 1 is 1.04 bits per heavy atom. The standard InChI is InChI=1S/C21H31N3O3/c1-15(2)12-23-13-17(20(26)22-16-8-4-3-5-9-16)19(25)18(14-23)21(27)24-10-6-7-11-24/h13-16H,3-12H2,1-2H3,(H,22,26). The Balaban J connectivity index is 1.90. The van der Waals surface area contributed by atoms with E-state index in [1.165, 1.54) is 6.42 Å². The van der Waals surface area contributed by atoms with Crippen LogP contribution in [0, 0.1) is 5.92 Å². The minimum Gasteiger partial charge on any atom is -0.352 e. The predicted molar refractivity (Wildman–Crippen MR) is 105 cm³/mol. The number of nitrogens with one attached hydrogen (secondary N) is 1. The molecule has 0 spiro atoms. The summed E-state index contributed by atoms with van der Waals surface area (Å²) in [5.41, 5.74) is -0.236. The van der Waals surface area contributed by atoms with E-state index in [4.69, 9.17) is 0 Å². The summed E-state index contributed by atoms with van der Waals surface area (Å²) in [7, 11) is 0. The molecule has 2 fully saturated rings. The molecule has 0 bridgehead atoms. The molecule has 2 heterocycles. The highest BCUT2D eigenvalue weighted by atomic mass is 16.2. The van der Waals surface area contributed by atoms with Crippen molar-refractivity contribution in [2.45, 2.75) is 71.4 Å². The Labute approximate surface area is 160 Å². The summed E-state index contributed by atoms with van der Waals surface area (Å²) in [6.45, 7) is 6.16. The summed E-state index contributed by atoms with van der Waals surface area (Å²) in [5.74, 6) is -0.251. The molecule has 0 atom stereocenters. The van der Waals surface area contributed by atoms with Gasteiger partial charge in [0.1, 0.15) is 11.1 Å². The van der Waals surface area contributed by atoms with Crippen LogP contribution in [0.25, 0.3) is 0 Å². The van der Waals surface area contributed by atoms with Crippen molar-refractivity contribution in [1.29, 1.82) is 0 Å². The lowest BCUT2D eigenvalue weighted by Crippen LogP contribution is -2.40. The van der Waals surface area contributed by atoms with Gasteiger partial charge in [0.25, 0.3) is 11.8 Å². The third-order valence-electron chi connectivity index (χ3n) is 5.46. The summed E-state index contributed by atoms with van der Waals surface area (Å²) in [5, 5.41) is 3.02. The van der Waals surface area contributed by atoms with Gasteiger partial charge in [-0.15, -0.1) is 0 Å². The highest BCUT2D eigenvalue weighted by Crippen LogP contribution is 2.18. The molecule has 148 valence electrons. The van der Waals surface area contributed by atoms with Gasteiger partial charge in [0.15, 0.2) is 0 Å². The first kappa shape index (κ1) is 19.6. The highest BCUT2D eigenvalue weighted by Gasteiger charge is 2.26. The van der Waals surface area contributed by atoms with Gasteiger partial charge in [-0.3, -0.25) is 14.4 Å². The van der Waals surface area contributed by atoms with Gasteiger partial charge in [-0.2, -0.15) is 0 Å². The van der Waals surface area contributed by atoms with E-state index in [2.05, 4.69) is 19.2 Å². The maximum absolute atomic E-state index is 13.0. The average Bonchev–Trinajstić information content (AvgIpc) is 3.17. The molecule has 0 radical (unpaired) electrons. The van der Waals surface area contributed by atoms with E-state index in [0.717, 1.165) is 38.5 Å². The quantitative estimate of drug-likeness (QED) is 0.863. The molecule has 2 amide bonds. The van der Waals surface area contributed by atoms with Gasteiger partial charge in [0, 0.05) is 38.1 Å². The molecular weight excluding hydrogens is 342 g/mol. The molecule has 3 rings (SSSR count). The molecule has 1 aromatic heterocycles. The van der Waals surface area contributed by atoms with Gasteiger partial charge < -0.3 is 14.8 Å². The first-order chi connectivity index (χ1) is 13.0. The molecule has 1 saturated heterocycles. The van der Waals surface area contributed by atoms with E-state index in [1.54, 1.807) is 17.3 Å². The van der Waals surface area contributed by atoms with Gasteiger partial charge in [0.2, 0.25) is 5.43 Å². The van der Waals surface area contributed by atoms with E-state index >= 15 is 0 Å². The lowest BCUT2D eigenvalue weighted by atomic mass is 9.95. The predicted octanol–water partition coefficient (Wildman–Crippen LogP) is 2.80. The van der Waals surface area contributed by atoms with E-state index in [1.807, 2.05) is 4.57 Å². The second kappa shape index (κ2) is 8.72. The molecule has 1 aliphatic carbocycles. The number of rotatable bonds is 5. The molecule has 6 heteroatoms. The summed E-state index contributed by atoms with van der Waals surface area (Å²) in [6, 6.07) is 0.127. The monoisotopic (exact) mass is 373 g/mol. The maximum Gasteiger partial charge on any atom is 0.259 e. The van der Waals surface area contributed by atoms with Crippen molar-refractivity contribution in [2.24, 2.45) is 5.92 Å². The Bertz CT molecular complexity index is 742. The zero-order valence-electron chi connectivity index (χ0n) is 16.5. The maximum atomic E-state index is 13.0. The van der Waals surface area contributed by atoms with Crippen molar-refractivity contribution in [3.8, 4) is 0 Å². The molecule has 1 N–H and O–H groups in total. The van der Waals surface area contributed by atoms with Gasteiger partial charge in [0.05, 0.1) is 0 Å². The van der Waals surface area contributed by atoms with Crippen molar-refractivity contribution >= 4 is 11.8 Å². The molecule has 0 unspecified atom stereocenters. The van der Waals surface area contributed by atoms with Crippen LogP contribution in [0.5, 0.6) is 0 Å². The van der Waals surface area contributed by atoms with Crippen molar-refractivity contribution in [3.63, 3.8) is 0 Å². The number of amides is 2. The van der Waals surface area contributed by atoms with E-state index in [-0.39, 0.29) is 29.0 Å². The number of aromatic nitrogens is 1. The molecule has 1 aliphatic heterocycles. The number of hydrogen-bond acceptors (Lipinski definition) is 3. The summed E-state index contributed by atoms with van der Waals surface area (Å²) in [6.07, 6.45) is 10.5. The lowest BCUT2D eigenvalue weighted by Gasteiger charge is -2.23. The molecule has 0 aromatic carbocycles. The van der Waals surface area contributed by atoms with Crippen LogP contribution < -0.4 is 10.7 Å². The number of carbonyl (C=O) groups excluding carboxylic acids is 2. The Kier molecular flexibility index (Phi) is 6.34. The van der Waals surface area contributed by atoms with Crippen LogP contribution in [-0.4, -0.2) is 40.4 Å². The number of nitrogens with zero attached hydrogens (tertiary/aromatic N) is 2. The van der Waals surface area contributed by atoms with Crippen LogP contribution >= 0.6 is 0 Å². The fourth-order valence-corrected chi connectivity index (χ4v) is 4.07. The van der Waals surface area contributed by atoms with Crippen LogP contribution in [0.3, 0.4) is 0 Å². The number of carbonyl (C=O) groups is 2. The zero-order valence-corrected chi connectivity index (χ0v) is 16.5. The topological polar surface area (TPSA) is 71.4 Å². The zero-order chi connectivity index (χ0) is 19.4. The van der Waals surface area contributed by atoms with Crippen molar-refractivity contribution in [1.82, 2.24) is 14.8 Å². The second-order valence-corrected chi connectivity index (χ2v) is 8.31. The Morgan fingerprint density at radius 2 is 1.67 bits per heavy atom. The van der Waals surface area contributed by atoms with E-state index in [0.29, 0.717) is 25.6 Å². The molecule has 2 aliphatic rings. The molecular formula is C21H31N3O3. The normalized spacial score (nSPS) is 18.1. The minimum atomic E-state index is -0.444. The largest absolute Gasteiger partial charge is 0.352 e. The highest BCUT2D eigenvalue weighted by molar-refractivity contribution is 5.99. The third-order valence-corrected chi connectivity index (χ3v) is 5.46. The fourth-order valence-electron chi connectivity index (χ4n) is 4.07. The lowest BCUT2D eigenvalue weighted by molar-refractivity contribution is 0.0790. The first-order valence-corrected chi connectivity index (χ1v) is 10.3. The summed E-state index contributed by atoms with van der Waals surface area (Å²) < 4.78 is 1.82. The molecule has 6 nitrogen and oxygen atoms in total. The SMILES string of the molecule is CC(C)Cn1cc(C(=O)NC2CCCCC2)c(=O)c(C(=O)N2CCCC2)c1. The first-order valence-electron chi connectivity index (χ1n) is 10.3. The van der Waals surface area contributed by atoms with Crippen LogP contribution in [0.1, 0.15) is 79.5 Å². The average molecular weight is 373 g/mol. The van der Waals surface area contributed by atoms with Crippen LogP contribution in [0.4, 0.5) is 0 Å². The molecule has 27 heavy (non-hydrogen) atoms. The van der Waals surface area contributed by atoms with Gasteiger partial charge in [-0.05, 0) is 31.6 Å². The van der Waals surface area contributed by atoms with Crippen LogP contribution in [0.2, 0.25) is 0 Å². The second-order valence-electron chi connectivity index (χ2n) is 8.31. The fraction of sp³-hybridized carbons (Fsp3) is 0.667. The summed E-state index contributed by atoms with van der Waals surface area (Å²) >= 11 is 0. The smallest absolute Gasteiger partial charge is 0.259 e. The van der Waals surface area contributed by atoms with Crippen molar-refractivity contribution < 1.29 is 9.59 Å². The molecule has 1 saturated carbocycles. The third kappa shape index (κ3) is 4.79. The minimum absolute atomic E-state index is 0.0891. The van der Waals surface area contributed by atoms with Gasteiger partial charge in [-0.1, -0.05) is 33.1 Å². The van der Waals surface area contributed by atoms with Crippen molar-refractivity contribution in [3.05, 3.63) is 33.7 Å². The summed E-state index contributed by atoms with van der Waals surface area (Å²) in [4.78, 5) is 40.4. The van der Waals surface area contributed by atoms with Crippen LogP contribution in [-0.2, 0) is 6.54 Å². The van der Waals surface area contributed by atoms with Gasteiger partial charge in [-0.25, -0.2) is 0 Å². The molecule has 1 aromatic rings. The Morgan fingerprint density at radius 3 is 2.30 bits per heavy atom. The number of pyridine rings is 1. The van der Waals surface area contributed by atoms with E-state index in [9.17, 15) is 14.4 Å². The number of hydrogen-bond donors (Lipinski definition) is 1.